The smallest absolute Gasteiger partial charge is 0.353 e. The van der Waals surface area contributed by atoms with Crippen LogP contribution in [0.1, 0.15) is 102 Å². The summed E-state index contributed by atoms with van der Waals surface area (Å²) < 4.78 is 91.0. The molecular formula is C34H49F3N4O6S3. The van der Waals surface area contributed by atoms with E-state index in [4.69, 9.17) is 5.14 Å². The number of pyridine rings is 1. The van der Waals surface area contributed by atoms with E-state index in [2.05, 4.69) is 17.2 Å². The summed E-state index contributed by atoms with van der Waals surface area (Å²) in [4.78, 5) is 30.8. The lowest BCUT2D eigenvalue weighted by molar-refractivity contribution is -0.130. The van der Waals surface area contributed by atoms with Crippen LogP contribution in [-0.2, 0) is 36.4 Å². The second-order valence-corrected chi connectivity index (χ2v) is 17.9. The number of rotatable bonds is 22. The zero-order chi connectivity index (χ0) is 37.0. The molecule has 3 aromatic rings. The van der Waals surface area contributed by atoms with Gasteiger partial charge in [-0.15, -0.1) is 11.3 Å². The molecule has 0 aliphatic heterocycles. The van der Waals surface area contributed by atoms with E-state index in [0.29, 0.717) is 27.8 Å². The number of hydrogen-bond acceptors (Lipinski definition) is 8. The Morgan fingerprint density at radius 3 is 2.00 bits per heavy atom. The fraction of sp³-hybridized carbons (Fsp3) is 0.618. The Morgan fingerprint density at radius 2 is 1.44 bits per heavy atom. The first kappa shape index (κ1) is 41.6. The van der Waals surface area contributed by atoms with Gasteiger partial charge in [0, 0.05) is 25.9 Å². The van der Waals surface area contributed by atoms with Crippen molar-refractivity contribution in [2.24, 2.45) is 12.2 Å². The number of sulfonamides is 1. The molecule has 0 saturated carbocycles. The summed E-state index contributed by atoms with van der Waals surface area (Å²) in [5.41, 5.74) is 1.28. The number of aryl methyl sites for hydroxylation is 1. The minimum atomic E-state index is -4.88. The first-order valence-electron chi connectivity index (χ1n) is 17.1. The molecule has 16 heteroatoms. The van der Waals surface area contributed by atoms with Crippen molar-refractivity contribution in [1.29, 1.82) is 0 Å². The molecule has 1 aromatic carbocycles. The lowest BCUT2D eigenvalue weighted by atomic mass is 9.98. The van der Waals surface area contributed by atoms with Crippen LogP contribution in [0.15, 0.2) is 41.3 Å². The van der Waals surface area contributed by atoms with E-state index in [1.165, 1.54) is 42.7 Å². The number of thiazole rings is 1. The number of benzene rings is 1. The Morgan fingerprint density at radius 1 is 0.860 bits per heavy atom. The largest absolute Gasteiger partial charge is 0.390 e. The second-order valence-electron chi connectivity index (χ2n) is 12.8. The van der Waals surface area contributed by atoms with E-state index in [9.17, 15) is 39.6 Å². The molecule has 0 bridgehead atoms. The van der Waals surface area contributed by atoms with Crippen LogP contribution in [-0.4, -0.2) is 56.5 Å². The van der Waals surface area contributed by atoms with E-state index >= 15 is 0 Å². The number of amides is 1. The highest BCUT2D eigenvalue weighted by Crippen LogP contribution is 2.43. The molecule has 2 heterocycles. The maximum Gasteiger partial charge on any atom is 0.390 e. The zero-order valence-corrected chi connectivity index (χ0v) is 31.2. The van der Waals surface area contributed by atoms with Gasteiger partial charge in [-0.25, -0.2) is 27.0 Å². The quantitative estimate of drug-likeness (QED) is 0.108. The van der Waals surface area contributed by atoms with Crippen molar-refractivity contribution in [3.63, 3.8) is 0 Å². The molecule has 0 saturated heterocycles. The minimum absolute atomic E-state index is 0.202. The number of sulfone groups is 1. The third-order valence-corrected chi connectivity index (χ3v) is 13.2. The average Bonchev–Trinajstić information content (AvgIpc) is 3.46. The zero-order valence-electron chi connectivity index (χ0n) is 28.8. The fourth-order valence-electron chi connectivity index (χ4n) is 5.84. The summed E-state index contributed by atoms with van der Waals surface area (Å²) in [5, 5.41) is 7.22. The second kappa shape index (κ2) is 18.6. The number of aromatic nitrogens is 2. The number of alkyl halides is 3. The molecule has 3 N–H and O–H groups in total. The number of primary sulfonamides is 1. The van der Waals surface area contributed by atoms with Gasteiger partial charge >= 0.3 is 6.18 Å². The molecule has 50 heavy (non-hydrogen) atoms. The number of unbranched alkanes of at least 4 members (excludes halogenated alkanes) is 11. The molecule has 10 nitrogen and oxygen atoms in total. The standard InChI is InChI=1S/C34H49F3N4O6S3/c1-3-4-5-6-7-8-9-10-11-12-13-14-18-33(31(43)39-20-23-50(38,46)47,49(44,45)22-19-34(35,36)37)32-40-28-16-15-26(24-29(28)48-32)27-17-21-41(2)30(42)25-27/h15-17,21,24-25H,3-14,18-20,22-23H2,1-2H3,(H,39,43)(H2,38,46,47). The molecule has 1 atom stereocenters. The van der Waals surface area contributed by atoms with Gasteiger partial charge in [-0.05, 0) is 35.7 Å². The molecule has 1 unspecified atom stereocenters. The normalized spacial score (nSPS) is 13.8. The van der Waals surface area contributed by atoms with Gasteiger partial charge in [-0.2, -0.15) is 13.2 Å². The van der Waals surface area contributed by atoms with Crippen LogP contribution in [0.2, 0.25) is 0 Å². The van der Waals surface area contributed by atoms with Crippen molar-refractivity contribution in [1.82, 2.24) is 14.9 Å². The van der Waals surface area contributed by atoms with Crippen LogP contribution in [0, 0.1) is 0 Å². The van der Waals surface area contributed by atoms with Crippen LogP contribution in [0.5, 0.6) is 0 Å². The maximum atomic E-state index is 14.1. The van der Waals surface area contributed by atoms with Gasteiger partial charge in [0.05, 0.1) is 28.1 Å². The number of nitrogens with two attached hydrogens (primary N) is 1. The third kappa shape index (κ3) is 12.2. The highest BCUT2D eigenvalue weighted by molar-refractivity contribution is 7.93. The number of hydrogen-bond donors (Lipinski definition) is 2. The number of carbonyl (C=O) groups is 1. The van der Waals surface area contributed by atoms with E-state index < -0.39 is 61.2 Å². The maximum absolute atomic E-state index is 14.1. The van der Waals surface area contributed by atoms with Crippen molar-refractivity contribution >= 4 is 47.3 Å². The van der Waals surface area contributed by atoms with Crippen molar-refractivity contribution in [2.75, 3.05) is 18.1 Å². The van der Waals surface area contributed by atoms with Crippen molar-refractivity contribution < 1.29 is 34.8 Å². The number of halogens is 3. The summed E-state index contributed by atoms with van der Waals surface area (Å²) >= 11 is 0.874. The van der Waals surface area contributed by atoms with E-state index in [-0.39, 0.29) is 23.4 Å². The Bertz CT molecular complexity index is 1840. The first-order valence-corrected chi connectivity index (χ1v) is 21.3. The topological polar surface area (TPSA) is 158 Å². The van der Waals surface area contributed by atoms with E-state index in [1.54, 1.807) is 37.5 Å². The van der Waals surface area contributed by atoms with Gasteiger partial charge in [0.25, 0.3) is 5.56 Å². The Kier molecular flexibility index (Phi) is 15.5. The molecule has 0 radical (unpaired) electrons. The summed E-state index contributed by atoms with van der Waals surface area (Å²) in [7, 11) is -7.32. The summed E-state index contributed by atoms with van der Waals surface area (Å²) in [5.74, 6) is -3.20. The number of nitrogens with zero attached hydrogens (tertiary/aromatic N) is 2. The van der Waals surface area contributed by atoms with Gasteiger partial charge in [-0.1, -0.05) is 90.0 Å². The van der Waals surface area contributed by atoms with Gasteiger partial charge in [0.15, 0.2) is 9.84 Å². The Hall–Kier alpha value is -2.82. The molecular weight excluding hydrogens is 714 g/mol. The van der Waals surface area contributed by atoms with E-state index in [1.807, 2.05) is 0 Å². The molecule has 3 rings (SSSR count). The summed E-state index contributed by atoms with van der Waals surface area (Å²) in [6.45, 7) is 1.64. The molecule has 0 fully saturated rings. The molecule has 0 aliphatic carbocycles. The van der Waals surface area contributed by atoms with Gasteiger partial charge in [-0.3, -0.25) is 9.59 Å². The van der Waals surface area contributed by atoms with Gasteiger partial charge in [0.2, 0.25) is 20.7 Å². The van der Waals surface area contributed by atoms with Crippen LogP contribution >= 0.6 is 11.3 Å². The number of fused-ring (bicyclic) bond motifs is 1. The first-order chi connectivity index (χ1) is 23.5. The van der Waals surface area contributed by atoms with Crippen molar-refractivity contribution in [3.05, 3.63) is 51.9 Å². The lowest BCUT2D eigenvalue weighted by Crippen LogP contribution is -2.52. The predicted octanol–water partition coefficient (Wildman–Crippen LogP) is 6.72. The van der Waals surface area contributed by atoms with Crippen LogP contribution in [0.25, 0.3) is 21.3 Å². The summed E-state index contributed by atoms with van der Waals surface area (Å²) in [6.07, 6.45) is 6.48. The average molecular weight is 763 g/mol. The highest BCUT2D eigenvalue weighted by atomic mass is 32.2. The predicted molar refractivity (Wildman–Crippen MR) is 193 cm³/mol. The lowest BCUT2D eigenvalue weighted by Gasteiger charge is -2.30. The van der Waals surface area contributed by atoms with Crippen LogP contribution < -0.4 is 16.0 Å². The SMILES string of the molecule is CCCCCCCCCCCCCCC(C(=O)NCCS(N)(=O)=O)(c1nc2ccc(-c3ccn(C)c(=O)c3)cc2s1)S(=O)(=O)CCC(F)(F)F. The molecule has 280 valence electrons. The van der Waals surface area contributed by atoms with E-state index in [0.717, 1.165) is 43.4 Å². The summed E-state index contributed by atoms with van der Waals surface area (Å²) in [6, 6.07) is 8.11. The fourth-order valence-corrected chi connectivity index (χ4v) is 9.82. The van der Waals surface area contributed by atoms with Crippen LogP contribution in [0.4, 0.5) is 13.2 Å². The third-order valence-electron chi connectivity index (χ3n) is 8.78. The van der Waals surface area contributed by atoms with Gasteiger partial charge < -0.3 is 9.88 Å². The van der Waals surface area contributed by atoms with Crippen molar-refractivity contribution in [3.8, 4) is 11.1 Å². The molecule has 0 aliphatic rings. The number of nitrogens with one attached hydrogen (secondary N) is 1. The number of carbonyl (C=O) groups excluding carboxylic acids is 1. The molecule has 0 spiro atoms. The highest BCUT2D eigenvalue weighted by Gasteiger charge is 2.54. The molecule has 1 amide bonds. The Balaban J connectivity index is 1.95. The van der Waals surface area contributed by atoms with Gasteiger partial charge in [0.1, 0.15) is 5.01 Å². The monoisotopic (exact) mass is 762 g/mol. The Labute approximate surface area is 297 Å². The minimum Gasteiger partial charge on any atom is -0.353 e. The van der Waals surface area contributed by atoms with Crippen molar-refractivity contribution in [2.45, 2.75) is 108 Å². The molecule has 2 aromatic heterocycles. The van der Waals surface area contributed by atoms with Crippen LogP contribution in [0.3, 0.4) is 0 Å².